The minimum Gasteiger partial charge on any atom is -0.396 e. The van der Waals surface area contributed by atoms with E-state index < -0.39 is 18.2 Å². The predicted molar refractivity (Wildman–Crippen MR) is 75.5 cm³/mol. The van der Waals surface area contributed by atoms with Crippen LogP contribution in [0, 0.1) is 5.92 Å². The second-order valence-corrected chi connectivity index (χ2v) is 5.23. The average molecular weight is 294 g/mol. The zero-order valence-electron chi connectivity index (χ0n) is 11.5. The highest BCUT2D eigenvalue weighted by Gasteiger charge is 2.42. The second-order valence-electron chi connectivity index (χ2n) is 5.23. The largest absolute Gasteiger partial charge is 0.396 e. The molecule has 2 aromatic rings. The van der Waals surface area contributed by atoms with Gasteiger partial charge >= 0.3 is 0 Å². The Morgan fingerprint density at radius 1 is 1.38 bits per heavy atom. The number of imidazole rings is 1. The van der Waals surface area contributed by atoms with Crippen LogP contribution in [0.5, 0.6) is 0 Å². The van der Waals surface area contributed by atoms with Crippen LogP contribution in [0.2, 0.25) is 0 Å². The number of aliphatic hydroxyl groups excluding tert-OH is 3. The maximum absolute atomic E-state index is 10.2. The van der Waals surface area contributed by atoms with E-state index in [1.165, 1.54) is 0 Å². The smallest absolute Gasteiger partial charge is 0.224 e. The van der Waals surface area contributed by atoms with Gasteiger partial charge in [0.1, 0.15) is 6.10 Å². The lowest BCUT2D eigenvalue weighted by atomic mass is 10.1. The van der Waals surface area contributed by atoms with Crippen molar-refractivity contribution in [2.45, 2.75) is 24.7 Å². The Bertz CT molecular complexity index is 660. The van der Waals surface area contributed by atoms with Crippen molar-refractivity contribution in [3.63, 3.8) is 0 Å². The molecule has 2 aromatic heterocycles. The molecule has 1 saturated carbocycles. The number of aliphatic hydroxyl groups is 3. The first-order valence-corrected chi connectivity index (χ1v) is 6.71. The van der Waals surface area contributed by atoms with Crippen LogP contribution < -0.4 is 11.1 Å². The van der Waals surface area contributed by atoms with Crippen molar-refractivity contribution in [2.24, 2.45) is 5.92 Å². The highest BCUT2D eigenvalue weighted by molar-refractivity contribution is 5.84. The van der Waals surface area contributed by atoms with Crippen molar-refractivity contribution in [3.05, 3.63) is 6.33 Å². The Morgan fingerprint density at radius 3 is 2.76 bits per heavy atom. The number of aromatic nitrogens is 4. The summed E-state index contributed by atoms with van der Waals surface area (Å²) in [6, 6.07) is -0.416. The molecule has 21 heavy (non-hydrogen) atoms. The molecule has 4 atom stereocenters. The van der Waals surface area contributed by atoms with Gasteiger partial charge in [-0.3, -0.25) is 0 Å². The summed E-state index contributed by atoms with van der Waals surface area (Å²) < 4.78 is 1.68. The zero-order valence-corrected chi connectivity index (χ0v) is 11.5. The average Bonchev–Trinajstić information content (AvgIpc) is 3.01. The van der Waals surface area contributed by atoms with E-state index in [4.69, 9.17) is 5.73 Å². The summed E-state index contributed by atoms with van der Waals surface area (Å²) in [7, 11) is 1.70. The number of nitrogens with two attached hydrogens (primary N) is 1. The fourth-order valence-corrected chi connectivity index (χ4v) is 2.91. The Kier molecular flexibility index (Phi) is 3.40. The van der Waals surface area contributed by atoms with Crippen LogP contribution in [0.3, 0.4) is 0 Å². The number of nitrogens with one attached hydrogen (secondary N) is 1. The molecule has 0 radical (unpaired) electrons. The van der Waals surface area contributed by atoms with Gasteiger partial charge in [0.15, 0.2) is 17.0 Å². The number of nitrogens with zero attached hydrogens (tertiary/aromatic N) is 4. The highest BCUT2D eigenvalue weighted by atomic mass is 16.3. The lowest BCUT2D eigenvalue weighted by Crippen LogP contribution is -2.30. The lowest BCUT2D eigenvalue weighted by Gasteiger charge is -2.18. The van der Waals surface area contributed by atoms with Gasteiger partial charge in [0, 0.05) is 19.6 Å². The lowest BCUT2D eigenvalue weighted by molar-refractivity contribution is -0.00370. The Labute approximate surface area is 120 Å². The van der Waals surface area contributed by atoms with Crippen LogP contribution in [0.4, 0.5) is 11.8 Å². The van der Waals surface area contributed by atoms with Crippen molar-refractivity contribution in [1.82, 2.24) is 19.5 Å². The van der Waals surface area contributed by atoms with Gasteiger partial charge in [0.25, 0.3) is 0 Å². The van der Waals surface area contributed by atoms with Gasteiger partial charge in [-0.25, -0.2) is 4.98 Å². The molecule has 0 unspecified atom stereocenters. The number of fused-ring (bicyclic) bond motifs is 1. The first kappa shape index (κ1) is 14.0. The normalized spacial score (nSPS) is 29.1. The number of anilines is 2. The summed E-state index contributed by atoms with van der Waals surface area (Å²) in [5.41, 5.74) is 6.72. The molecular formula is C12H18N6O3. The third-order valence-corrected chi connectivity index (χ3v) is 4.04. The molecule has 0 bridgehead atoms. The Morgan fingerprint density at radius 2 is 2.14 bits per heavy atom. The van der Waals surface area contributed by atoms with E-state index in [-0.39, 0.29) is 18.5 Å². The van der Waals surface area contributed by atoms with Gasteiger partial charge in [-0.1, -0.05) is 0 Å². The van der Waals surface area contributed by atoms with E-state index in [1.807, 2.05) is 0 Å². The highest BCUT2D eigenvalue weighted by Crippen LogP contribution is 2.37. The summed E-state index contributed by atoms with van der Waals surface area (Å²) >= 11 is 0. The Balaban J connectivity index is 2.07. The molecule has 0 aromatic carbocycles. The summed E-state index contributed by atoms with van der Waals surface area (Å²) in [4.78, 5) is 12.5. The number of hydrogen-bond acceptors (Lipinski definition) is 8. The molecule has 1 aliphatic rings. The maximum atomic E-state index is 10.2. The zero-order chi connectivity index (χ0) is 15.1. The number of rotatable bonds is 3. The minimum atomic E-state index is -0.992. The van der Waals surface area contributed by atoms with Crippen molar-refractivity contribution in [3.8, 4) is 0 Å². The molecule has 114 valence electrons. The quantitative estimate of drug-likeness (QED) is 0.471. The summed E-state index contributed by atoms with van der Waals surface area (Å²) in [5.74, 6) is 0.230. The SMILES string of the molecule is CNc1nc(N)nc2c1ncn2[C@@H]1C[C@H](CO)[C@@H](O)[C@H]1O. The van der Waals surface area contributed by atoms with Crippen molar-refractivity contribution in [1.29, 1.82) is 0 Å². The molecule has 0 aliphatic heterocycles. The van der Waals surface area contributed by atoms with Crippen LogP contribution in [-0.4, -0.2) is 60.7 Å². The van der Waals surface area contributed by atoms with E-state index in [0.29, 0.717) is 23.4 Å². The van der Waals surface area contributed by atoms with Crippen LogP contribution in [0.1, 0.15) is 12.5 Å². The molecular weight excluding hydrogens is 276 g/mol. The summed E-state index contributed by atoms with van der Waals surface area (Å²) in [6.07, 6.45) is 0.0116. The van der Waals surface area contributed by atoms with Crippen LogP contribution >= 0.6 is 0 Å². The third-order valence-electron chi connectivity index (χ3n) is 4.04. The molecule has 0 amide bonds. The molecule has 1 fully saturated rings. The topological polar surface area (TPSA) is 142 Å². The predicted octanol–water partition coefficient (Wildman–Crippen LogP) is -1.27. The van der Waals surface area contributed by atoms with Crippen molar-refractivity contribution >= 4 is 22.9 Å². The monoisotopic (exact) mass is 294 g/mol. The standard InChI is InChI=1S/C12H18N6O3/c1-14-10-7-11(17-12(13)16-10)18(4-15-7)6-2-5(3-19)8(20)9(6)21/h4-6,8-9,19-21H,2-3H2,1H3,(H3,13,14,16,17)/t5-,6-,8-,9+/m1/s1. The van der Waals surface area contributed by atoms with Gasteiger partial charge < -0.3 is 30.9 Å². The summed E-state index contributed by atoms with van der Waals surface area (Å²) in [6.45, 7) is -0.180. The molecule has 3 rings (SSSR count). The molecule has 0 spiro atoms. The molecule has 2 heterocycles. The minimum absolute atomic E-state index is 0.0975. The number of nitrogen functional groups attached to an aromatic ring is 1. The van der Waals surface area contributed by atoms with E-state index in [2.05, 4.69) is 20.3 Å². The van der Waals surface area contributed by atoms with E-state index >= 15 is 0 Å². The van der Waals surface area contributed by atoms with Gasteiger partial charge in [0.2, 0.25) is 5.95 Å². The van der Waals surface area contributed by atoms with E-state index in [9.17, 15) is 15.3 Å². The van der Waals surface area contributed by atoms with Crippen molar-refractivity contribution in [2.75, 3.05) is 24.7 Å². The van der Waals surface area contributed by atoms with E-state index in [1.54, 1.807) is 17.9 Å². The molecule has 6 N–H and O–H groups in total. The van der Waals surface area contributed by atoms with Gasteiger partial charge in [-0.05, 0) is 6.42 Å². The fourth-order valence-electron chi connectivity index (χ4n) is 2.91. The third kappa shape index (κ3) is 2.09. The van der Waals surface area contributed by atoms with Crippen LogP contribution in [0.15, 0.2) is 6.33 Å². The first-order valence-electron chi connectivity index (χ1n) is 6.71. The summed E-state index contributed by atoms with van der Waals surface area (Å²) in [5, 5.41) is 32.3. The second kappa shape index (κ2) is 5.10. The van der Waals surface area contributed by atoms with Gasteiger partial charge in [0.05, 0.1) is 18.5 Å². The molecule has 9 nitrogen and oxygen atoms in total. The van der Waals surface area contributed by atoms with Crippen LogP contribution in [-0.2, 0) is 0 Å². The van der Waals surface area contributed by atoms with Gasteiger partial charge in [-0.2, -0.15) is 9.97 Å². The van der Waals surface area contributed by atoms with E-state index in [0.717, 1.165) is 0 Å². The maximum Gasteiger partial charge on any atom is 0.224 e. The fraction of sp³-hybridized carbons (Fsp3) is 0.583. The molecule has 1 aliphatic carbocycles. The first-order chi connectivity index (χ1) is 10.1. The molecule has 9 heteroatoms. The van der Waals surface area contributed by atoms with Crippen molar-refractivity contribution < 1.29 is 15.3 Å². The number of hydrogen-bond donors (Lipinski definition) is 5. The molecule has 0 saturated heterocycles. The van der Waals surface area contributed by atoms with Gasteiger partial charge in [-0.15, -0.1) is 0 Å². The van der Waals surface area contributed by atoms with Crippen LogP contribution in [0.25, 0.3) is 11.2 Å². The Hall–Kier alpha value is -1.97.